The normalized spacial score (nSPS) is 14.7. The molecular weight excluding hydrogens is 494 g/mol. The first-order chi connectivity index (χ1) is 18.9. The van der Waals surface area contributed by atoms with Crippen molar-refractivity contribution < 1.29 is 14.3 Å². The van der Waals surface area contributed by atoms with Gasteiger partial charge in [-0.15, -0.1) is 0 Å². The number of anilines is 1. The van der Waals surface area contributed by atoms with Gasteiger partial charge in [0.25, 0.3) is 0 Å². The third-order valence-electron chi connectivity index (χ3n) is 7.08. The van der Waals surface area contributed by atoms with Crippen molar-refractivity contribution in [1.82, 2.24) is 29.8 Å². The molecule has 3 heterocycles. The molecule has 1 fully saturated rings. The van der Waals surface area contributed by atoms with E-state index in [1.54, 1.807) is 11.6 Å². The summed E-state index contributed by atoms with van der Waals surface area (Å²) in [6.07, 6.45) is 6.83. The van der Waals surface area contributed by atoms with Gasteiger partial charge in [-0.1, -0.05) is 26.0 Å². The van der Waals surface area contributed by atoms with Crippen LogP contribution in [0.2, 0.25) is 0 Å². The summed E-state index contributed by atoms with van der Waals surface area (Å²) in [7, 11) is 1.67. The lowest BCUT2D eigenvalue weighted by molar-refractivity contribution is -0.122. The van der Waals surface area contributed by atoms with Crippen LogP contribution < -0.4 is 15.4 Å². The predicted molar refractivity (Wildman–Crippen MR) is 152 cm³/mol. The Morgan fingerprint density at radius 1 is 1.10 bits per heavy atom. The van der Waals surface area contributed by atoms with E-state index in [1.165, 1.54) is 12.8 Å². The molecule has 1 amide bonds. The SMILES string of the molecule is COc1cccc([C@H](C)Nc2nc(CCCCOCCNC(=O)CN3CCCC3)nc3c(C(C)C)cnn23)c1. The fraction of sp³-hybridized carbons (Fsp3) is 0.586. The van der Waals surface area contributed by atoms with Crippen molar-refractivity contribution in [3.8, 4) is 5.75 Å². The summed E-state index contributed by atoms with van der Waals surface area (Å²) >= 11 is 0. The molecule has 2 N–H and O–H groups in total. The number of likely N-dealkylation sites (tertiary alicyclic amines) is 1. The minimum atomic E-state index is 0.00184. The summed E-state index contributed by atoms with van der Waals surface area (Å²) < 4.78 is 12.9. The van der Waals surface area contributed by atoms with Gasteiger partial charge >= 0.3 is 0 Å². The van der Waals surface area contributed by atoms with E-state index < -0.39 is 0 Å². The molecule has 212 valence electrons. The minimum absolute atomic E-state index is 0.00184. The molecule has 1 aromatic carbocycles. The molecular formula is C29H43N7O3. The third kappa shape index (κ3) is 8.12. The van der Waals surface area contributed by atoms with Crippen LogP contribution in [0.5, 0.6) is 5.75 Å². The van der Waals surface area contributed by atoms with E-state index in [2.05, 4.69) is 47.5 Å². The van der Waals surface area contributed by atoms with Gasteiger partial charge in [0.15, 0.2) is 5.65 Å². The molecule has 0 saturated carbocycles. The van der Waals surface area contributed by atoms with Crippen LogP contribution in [0.25, 0.3) is 5.65 Å². The van der Waals surface area contributed by atoms with Crippen LogP contribution in [0, 0.1) is 0 Å². The maximum Gasteiger partial charge on any atom is 0.234 e. The zero-order chi connectivity index (χ0) is 27.6. The highest BCUT2D eigenvalue weighted by Crippen LogP contribution is 2.25. The highest BCUT2D eigenvalue weighted by Gasteiger charge is 2.17. The number of unbranched alkanes of at least 4 members (excludes halogenated alkanes) is 1. The summed E-state index contributed by atoms with van der Waals surface area (Å²) in [6, 6.07) is 8.03. The molecule has 10 nitrogen and oxygen atoms in total. The zero-order valence-corrected chi connectivity index (χ0v) is 23.8. The van der Waals surface area contributed by atoms with Gasteiger partial charge in [0.05, 0.1) is 32.5 Å². The fourth-order valence-electron chi connectivity index (χ4n) is 4.79. The van der Waals surface area contributed by atoms with Crippen molar-refractivity contribution in [2.24, 2.45) is 0 Å². The molecule has 0 radical (unpaired) electrons. The number of hydrogen-bond acceptors (Lipinski definition) is 8. The highest BCUT2D eigenvalue weighted by molar-refractivity contribution is 5.78. The Morgan fingerprint density at radius 3 is 2.69 bits per heavy atom. The van der Waals surface area contributed by atoms with E-state index >= 15 is 0 Å². The van der Waals surface area contributed by atoms with Crippen molar-refractivity contribution in [2.75, 3.05) is 51.8 Å². The van der Waals surface area contributed by atoms with E-state index in [0.717, 1.165) is 60.7 Å². The van der Waals surface area contributed by atoms with Gasteiger partial charge in [-0.05, 0) is 69.3 Å². The Kier molecular flexibility index (Phi) is 10.5. The summed E-state index contributed by atoms with van der Waals surface area (Å²) in [6.45, 7) is 10.7. The number of aromatic nitrogens is 4. The second-order valence-electron chi connectivity index (χ2n) is 10.5. The van der Waals surface area contributed by atoms with E-state index in [0.29, 0.717) is 38.2 Å². The Morgan fingerprint density at radius 2 is 1.92 bits per heavy atom. The first-order valence-corrected chi connectivity index (χ1v) is 14.2. The Balaban J connectivity index is 1.28. The van der Waals surface area contributed by atoms with Crippen LogP contribution in [0.1, 0.15) is 75.4 Å². The Hall–Kier alpha value is -3.24. The number of methoxy groups -OCH3 is 1. The van der Waals surface area contributed by atoms with Crippen LogP contribution in [-0.4, -0.2) is 76.9 Å². The number of ether oxygens (including phenoxy) is 2. The molecule has 39 heavy (non-hydrogen) atoms. The average molecular weight is 538 g/mol. The molecule has 1 aliphatic heterocycles. The molecule has 2 aromatic heterocycles. The van der Waals surface area contributed by atoms with Crippen LogP contribution in [0.15, 0.2) is 30.5 Å². The van der Waals surface area contributed by atoms with E-state index in [9.17, 15) is 4.79 Å². The number of fused-ring (bicyclic) bond motifs is 1. The lowest BCUT2D eigenvalue weighted by Gasteiger charge is -2.17. The van der Waals surface area contributed by atoms with E-state index in [1.807, 2.05) is 24.4 Å². The van der Waals surface area contributed by atoms with Crippen LogP contribution in [0.3, 0.4) is 0 Å². The number of nitrogens with zero attached hydrogens (tertiary/aromatic N) is 5. The molecule has 4 rings (SSSR count). The molecule has 0 aliphatic carbocycles. The molecule has 10 heteroatoms. The smallest absolute Gasteiger partial charge is 0.234 e. The number of carbonyl (C=O) groups is 1. The predicted octanol–water partition coefficient (Wildman–Crippen LogP) is 3.98. The largest absolute Gasteiger partial charge is 0.497 e. The van der Waals surface area contributed by atoms with Gasteiger partial charge in [0.2, 0.25) is 11.9 Å². The number of benzene rings is 1. The number of hydrogen-bond donors (Lipinski definition) is 2. The second-order valence-corrected chi connectivity index (χ2v) is 10.5. The quantitative estimate of drug-likeness (QED) is 0.281. The number of amides is 1. The number of aryl methyl sites for hydroxylation is 1. The van der Waals surface area contributed by atoms with Gasteiger partial charge < -0.3 is 20.1 Å². The molecule has 1 aliphatic rings. The second kappa shape index (κ2) is 14.2. The number of rotatable bonds is 15. The molecule has 0 spiro atoms. The molecule has 0 bridgehead atoms. The average Bonchev–Trinajstić information content (AvgIpc) is 3.60. The number of carbonyl (C=O) groups excluding carboxylic acids is 1. The van der Waals surface area contributed by atoms with Crippen molar-refractivity contribution in [1.29, 1.82) is 0 Å². The van der Waals surface area contributed by atoms with Crippen molar-refractivity contribution >= 4 is 17.5 Å². The van der Waals surface area contributed by atoms with Gasteiger partial charge in [0, 0.05) is 25.1 Å². The van der Waals surface area contributed by atoms with Gasteiger partial charge in [0.1, 0.15) is 11.6 Å². The molecule has 1 atom stereocenters. The Bertz CT molecular complexity index is 1210. The maximum atomic E-state index is 12.0. The van der Waals surface area contributed by atoms with Crippen molar-refractivity contribution in [3.63, 3.8) is 0 Å². The lowest BCUT2D eigenvalue weighted by Crippen LogP contribution is -2.37. The lowest BCUT2D eigenvalue weighted by atomic mass is 10.1. The standard InChI is InChI=1S/C29H43N7O3/c1-21(2)25-19-31-36-28(25)33-26(34-29(36)32-22(3)23-10-9-11-24(18-23)38-4)12-5-8-16-39-17-13-30-27(37)20-35-14-6-7-15-35/h9-11,18-19,21-22H,5-8,12-17,20H2,1-4H3,(H,30,37)(H,32,33,34)/t22-/m0/s1. The molecule has 1 saturated heterocycles. The number of nitrogens with one attached hydrogen (secondary N) is 2. The summed E-state index contributed by atoms with van der Waals surface area (Å²) in [5, 5.41) is 11.1. The molecule has 3 aromatic rings. The zero-order valence-electron chi connectivity index (χ0n) is 23.8. The van der Waals surface area contributed by atoms with Crippen molar-refractivity contribution in [3.05, 3.63) is 47.4 Å². The Labute approximate surface area is 231 Å². The molecule has 0 unspecified atom stereocenters. The summed E-state index contributed by atoms with van der Waals surface area (Å²) in [5.41, 5.74) is 3.05. The highest BCUT2D eigenvalue weighted by atomic mass is 16.5. The minimum Gasteiger partial charge on any atom is -0.497 e. The summed E-state index contributed by atoms with van der Waals surface area (Å²) in [5.74, 6) is 2.68. The first-order valence-electron chi connectivity index (χ1n) is 14.2. The van der Waals surface area contributed by atoms with Gasteiger partial charge in [-0.3, -0.25) is 9.69 Å². The van der Waals surface area contributed by atoms with Crippen molar-refractivity contribution in [2.45, 2.75) is 64.8 Å². The van der Waals surface area contributed by atoms with Crippen LogP contribution in [0.4, 0.5) is 5.95 Å². The fourth-order valence-corrected chi connectivity index (χ4v) is 4.79. The topological polar surface area (TPSA) is 106 Å². The maximum absolute atomic E-state index is 12.0. The van der Waals surface area contributed by atoms with Gasteiger partial charge in [-0.2, -0.15) is 14.6 Å². The van der Waals surface area contributed by atoms with Gasteiger partial charge in [-0.25, -0.2) is 4.98 Å². The summed E-state index contributed by atoms with van der Waals surface area (Å²) in [4.78, 5) is 23.9. The van der Waals surface area contributed by atoms with Crippen LogP contribution in [-0.2, 0) is 16.0 Å². The first kappa shape index (κ1) is 28.8. The van der Waals surface area contributed by atoms with E-state index in [-0.39, 0.29) is 11.9 Å². The van der Waals surface area contributed by atoms with E-state index in [4.69, 9.17) is 19.4 Å². The monoisotopic (exact) mass is 537 g/mol. The van der Waals surface area contributed by atoms with Crippen LogP contribution >= 0.6 is 0 Å². The third-order valence-corrected chi connectivity index (χ3v) is 7.08.